The Bertz CT molecular complexity index is 438. The molecule has 1 heterocycles. The monoisotopic (exact) mass is 248 g/mol. The first kappa shape index (κ1) is 13.2. The van der Waals surface area contributed by atoms with E-state index in [0.29, 0.717) is 6.04 Å². The molecule has 18 heavy (non-hydrogen) atoms. The van der Waals surface area contributed by atoms with Gasteiger partial charge in [0, 0.05) is 25.4 Å². The lowest BCUT2D eigenvalue weighted by atomic mass is 9.98. The van der Waals surface area contributed by atoms with Gasteiger partial charge in [0.15, 0.2) is 0 Å². The van der Waals surface area contributed by atoms with Crippen LogP contribution in [0.25, 0.3) is 0 Å². The van der Waals surface area contributed by atoms with Crippen LogP contribution in [0.5, 0.6) is 0 Å². The number of rotatable bonds is 3. The summed E-state index contributed by atoms with van der Waals surface area (Å²) in [5, 5.41) is 3.57. The second kappa shape index (κ2) is 6.07. The predicted octanol–water partition coefficient (Wildman–Crippen LogP) is 3.16. The molecule has 2 atom stereocenters. The normalized spacial score (nSPS) is 24.6. The molecule has 0 bridgehead atoms. The van der Waals surface area contributed by atoms with Crippen molar-refractivity contribution in [3.05, 3.63) is 28.7 Å². The van der Waals surface area contributed by atoms with Gasteiger partial charge in [0.1, 0.15) is 0 Å². The Morgan fingerprint density at radius 2 is 2.11 bits per heavy atom. The van der Waals surface area contributed by atoms with Crippen molar-refractivity contribution in [3.8, 4) is 0 Å². The zero-order valence-electron chi connectivity index (χ0n) is 11.5. The van der Waals surface area contributed by atoms with Gasteiger partial charge in [-0.1, -0.05) is 26.2 Å². The number of aromatic nitrogens is 1. The molecule has 3 nitrogen and oxygen atoms in total. The number of aryl methyl sites for hydroxylation is 1. The van der Waals surface area contributed by atoms with Gasteiger partial charge in [-0.15, -0.1) is 0 Å². The summed E-state index contributed by atoms with van der Waals surface area (Å²) in [5.41, 5.74) is 1.12. The van der Waals surface area contributed by atoms with E-state index < -0.39 is 0 Å². The Morgan fingerprint density at radius 1 is 1.28 bits per heavy atom. The molecule has 1 aromatic heterocycles. The van der Waals surface area contributed by atoms with Gasteiger partial charge in [-0.05, 0) is 31.2 Å². The largest absolute Gasteiger partial charge is 0.381 e. The van der Waals surface area contributed by atoms with Crippen LogP contribution in [-0.4, -0.2) is 10.6 Å². The van der Waals surface area contributed by atoms with E-state index in [1.165, 1.54) is 38.5 Å². The first-order chi connectivity index (χ1) is 8.69. The highest BCUT2D eigenvalue weighted by Gasteiger charge is 2.17. The van der Waals surface area contributed by atoms with E-state index in [0.717, 1.165) is 11.6 Å². The zero-order chi connectivity index (χ0) is 13.0. The highest BCUT2D eigenvalue weighted by molar-refractivity contribution is 5.41. The van der Waals surface area contributed by atoms with Gasteiger partial charge < -0.3 is 9.88 Å². The van der Waals surface area contributed by atoms with E-state index in [1.54, 1.807) is 17.7 Å². The maximum atomic E-state index is 11.3. The molecule has 100 valence electrons. The van der Waals surface area contributed by atoms with Crippen LogP contribution in [0, 0.1) is 5.92 Å². The fraction of sp³-hybridized carbons (Fsp3) is 0.667. The molecule has 2 rings (SSSR count). The van der Waals surface area contributed by atoms with Crippen LogP contribution in [0.1, 0.15) is 45.4 Å². The number of hydrogen-bond donors (Lipinski definition) is 1. The van der Waals surface area contributed by atoms with Crippen LogP contribution >= 0.6 is 0 Å². The van der Waals surface area contributed by atoms with E-state index >= 15 is 0 Å². The average molecular weight is 248 g/mol. The first-order valence-corrected chi connectivity index (χ1v) is 7.12. The van der Waals surface area contributed by atoms with Crippen LogP contribution in [0.4, 0.5) is 5.69 Å². The van der Waals surface area contributed by atoms with Crippen molar-refractivity contribution < 1.29 is 0 Å². The van der Waals surface area contributed by atoms with Crippen LogP contribution in [0.2, 0.25) is 0 Å². The molecular weight excluding hydrogens is 224 g/mol. The Morgan fingerprint density at radius 3 is 2.83 bits per heavy atom. The van der Waals surface area contributed by atoms with E-state index in [4.69, 9.17) is 0 Å². The van der Waals surface area contributed by atoms with Crippen LogP contribution in [0.3, 0.4) is 0 Å². The van der Waals surface area contributed by atoms with Crippen molar-refractivity contribution in [2.24, 2.45) is 13.0 Å². The minimum absolute atomic E-state index is 0.0486. The second-order valence-electron chi connectivity index (χ2n) is 5.49. The molecular formula is C15H24N2O. The molecule has 0 amide bonds. The van der Waals surface area contributed by atoms with Crippen molar-refractivity contribution in [3.63, 3.8) is 0 Å². The summed E-state index contributed by atoms with van der Waals surface area (Å²) in [6.45, 7) is 2.30. The molecule has 1 aromatic rings. The number of anilines is 1. The maximum absolute atomic E-state index is 11.3. The Labute approximate surface area is 109 Å². The fourth-order valence-corrected chi connectivity index (χ4v) is 2.85. The third-order valence-corrected chi connectivity index (χ3v) is 4.12. The van der Waals surface area contributed by atoms with Crippen LogP contribution < -0.4 is 10.9 Å². The maximum Gasteiger partial charge on any atom is 0.250 e. The van der Waals surface area contributed by atoms with E-state index in [-0.39, 0.29) is 5.56 Å². The molecule has 0 saturated heterocycles. The predicted molar refractivity (Wildman–Crippen MR) is 76.0 cm³/mol. The summed E-state index contributed by atoms with van der Waals surface area (Å²) in [6.07, 6.45) is 9.74. The summed E-state index contributed by atoms with van der Waals surface area (Å²) >= 11 is 0. The molecule has 3 heteroatoms. The van der Waals surface area contributed by atoms with Gasteiger partial charge in [0.25, 0.3) is 0 Å². The van der Waals surface area contributed by atoms with Gasteiger partial charge in [-0.25, -0.2) is 0 Å². The molecule has 1 N–H and O–H groups in total. The van der Waals surface area contributed by atoms with Gasteiger partial charge in [-0.2, -0.15) is 0 Å². The minimum atomic E-state index is 0.0486. The number of hydrogen-bond acceptors (Lipinski definition) is 2. The average Bonchev–Trinajstić information content (AvgIpc) is 2.59. The summed E-state index contributed by atoms with van der Waals surface area (Å²) in [4.78, 5) is 11.3. The van der Waals surface area contributed by atoms with E-state index in [1.807, 2.05) is 12.3 Å². The van der Waals surface area contributed by atoms with Crippen molar-refractivity contribution in [2.75, 3.05) is 5.32 Å². The first-order valence-electron chi connectivity index (χ1n) is 7.12. The molecule has 1 fully saturated rings. The highest BCUT2D eigenvalue weighted by atomic mass is 16.1. The SMILES string of the molecule is CCC1CCCC(Nc2ccc(=O)n(C)c2)CC1. The summed E-state index contributed by atoms with van der Waals surface area (Å²) in [6, 6.07) is 4.09. The van der Waals surface area contributed by atoms with Crippen molar-refractivity contribution in [2.45, 2.75) is 51.5 Å². The Balaban J connectivity index is 1.96. The van der Waals surface area contributed by atoms with Gasteiger partial charge >= 0.3 is 0 Å². The fourth-order valence-electron chi connectivity index (χ4n) is 2.85. The smallest absolute Gasteiger partial charge is 0.250 e. The van der Waals surface area contributed by atoms with Crippen LogP contribution in [0.15, 0.2) is 23.1 Å². The molecule has 0 spiro atoms. The van der Waals surface area contributed by atoms with Gasteiger partial charge in [0.2, 0.25) is 5.56 Å². The van der Waals surface area contributed by atoms with Crippen molar-refractivity contribution in [1.82, 2.24) is 4.57 Å². The summed E-state index contributed by atoms with van der Waals surface area (Å²) < 4.78 is 1.63. The molecule has 0 radical (unpaired) electrons. The number of nitrogens with one attached hydrogen (secondary N) is 1. The molecule has 1 saturated carbocycles. The molecule has 0 aliphatic heterocycles. The quantitative estimate of drug-likeness (QED) is 0.834. The Hall–Kier alpha value is -1.25. The molecule has 1 aliphatic rings. The standard InChI is InChI=1S/C15H24N2O/c1-3-12-5-4-6-13(8-7-12)16-14-9-10-15(18)17(2)11-14/h9-13,16H,3-8H2,1-2H3. The third kappa shape index (κ3) is 3.37. The lowest BCUT2D eigenvalue weighted by Gasteiger charge is -2.18. The van der Waals surface area contributed by atoms with Gasteiger partial charge in [-0.3, -0.25) is 4.79 Å². The second-order valence-corrected chi connectivity index (χ2v) is 5.49. The van der Waals surface area contributed by atoms with E-state index in [2.05, 4.69) is 12.2 Å². The van der Waals surface area contributed by atoms with Crippen LogP contribution in [-0.2, 0) is 7.05 Å². The third-order valence-electron chi connectivity index (χ3n) is 4.12. The van der Waals surface area contributed by atoms with E-state index in [9.17, 15) is 4.79 Å². The van der Waals surface area contributed by atoms with Crippen molar-refractivity contribution >= 4 is 5.69 Å². The zero-order valence-corrected chi connectivity index (χ0v) is 11.5. The number of pyridine rings is 1. The molecule has 1 aliphatic carbocycles. The van der Waals surface area contributed by atoms with Gasteiger partial charge in [0.05, 0.1) is 5.69 Å². The summed E-state index contributed by atoms with van der Waals surface area (Å²) in [5.74, 6) is 0.914. The highest BCUT2D eigenvalue weighted by Crippen LogP contribution is 2.27. The lowest BCUT2D eigenvalue weighted by Crippen LogP contribution is -2.21. The molecule has 2 unspecified atom stereocenters. The Kier molecular flexibility index (Phi) is 4.45. The topological polar surface area (TPSA) is 34.0 Å². The molecule has 0 aromatic carbocycles. The number of nitrogens with zero attached hydrogens (tertiary/aromatic N) is 1. The lowest BCUT2D eigenvalue weighted by molar-refractivity contribution is 0.444. The summed E-state index contributed by atoms with van der Waals surface area (Å²) in [7, 11) is 1.80. The van der Waals surface area contributed by atoms with Crippen molar-refractivity contribution in [1.29, 1.82) is 0 Å². The minimum Gasteiger partial charge on any atom is -0.381 e.